The van der Waals surface area contributed by atoms with E-state index in [0.717, 1.165) is 22.9 Å². The van der Waals surface area contributed by atoms with Crippen molar-refractivity contribution in [3.8, 4) is 0 Å². The summed E-state index contributed by atoms with van der Waals surface area (Å²) < 4.78 is 0. The van der Waals surface area contributed by atoms with E-state index in [-0.39, 0.29) is 30.7 Å². The van der Waals surface area contributed by atoms with Gasteiger partial charge in [-0.05, 0) is 32.7 Å². The van der Waals surface area contributed by atoms with Gasteiger partial charge in [0.15, 0.2) is 0 Å². The van der Waals surface area contributed by atoms with Crippen molar-refractivity contribution in [1.82, 2.24) is 15.2 Å². The summed E-state index contributed by atoms with van der Waals surface area (Å²) in [5, 5.41) is 4.48. The number of rotatable bonds is 5. The van der Waals surface area contributed by atoms with Gasteiger partial charge in [0.1, 0.15) is 0 Å². The zero-order chi connectivity index (χ0) is 13.0. The molecule has 116 valence electrons. The molecule has 1 amide bonds. The molecule has 1 atom stereocenters. The maximum absolute atomic E-state index is 12.0. The maximum atomic E-state index is 12.0. The van der Waals surface area contributed by atoms with Gasteiger partial charge in [0.2, 0.25) is 5.91 Å². The van der Waals surface area contributed by atoms with E-state index in [2.05, 4.69) is 10.3 Å². The molecular weight excluding hydrogens is 317 g/mol. The lowest BCUT2D eigenvalue weighted by molar-refractivity contribution is -0.130. The molecule has 0 aromatic carbocycles. The normalized spacial score (nSPS) is 17.2. The number of nitrogens with one attached hydrogen (secondary N) is 1. The average molecular weight is 340 g/mol. The van der Waals surface area contributed by atoms with Gasteiger partial charge >= 0.3 is 0 Å². The molecule has 1 aliphatic heterocycles. The van der Waals surface area contributed by atoms with Crippen LogP contribution in [-0.4, -0.2) is 35.4 Å². The van der Waals surface area contributed by atoms with E-state index >= 15 is 0 Å². The number of aromatic nitrogens is 1. The lowest BCUT2D eigenvalue weighted by atomic mass is 10.1. The first-order chi connectivity index (χ1) is 8.65. The molecule has 0 bridgehead atoms. The number of carbonyl (C=O) groups excluding carboxylic acids is 1. The van der Waals surface area contributed by atoms with Crippen molar-refractivity contribution in [3.63, 3.8) is 0 Å². The fourth-order valence-electron chi connectivity index (χ4n) is 2.29. The Hall–Kier alpha value is -0.360. The van der Waals surface area contributed by atoms with Crippen molar-refractivity contribution in [1.29, 1.82) is 0 Å². The van der Waals surface area contributed by atoms with Crippen LogP contribution in [0.15, 0.2) is 6.20 Å². The third-order valence-corrected chi connectivity index (χ3v) is 4.25. The summed E-state index contributed by atoms with van der Waals surface area (Å²) in [5.74, 6) is 0.231. The number of amides is 1. The summed E-state index contributed by atoms with van der Waals surface area (Å²) in [6.07, 6.45) is 5.93. The summed E-state index contributed by atoms with van der Waals surface area (Å²) in [6, 6.07) is 0.549. The molecule has 0 aliphatic carbocycles. The van der Waals surface area contributed by atoms with Gasteiger partial charge in [0.05, 0.1) is 11.6 Å². The number of aryl methyl sites for hydroxylation is 1. The Bertz CT molecular complexity index is 408. The van der Waals surface area contributed by atoms with Gasteiger partial charge in [-0.3, -0.25) is 4.79 Å². The van der Waals surface area contributed by atoms with E-state index in [1.807, 2.05) is 25.1 Å². The molecule has 2 heterocycles. The second-order valence-electron chi connectivity index (χ2n) is 4.93. The summed E-state index contributed by atoms with van der Waals surface area (Å²) >= 11 is 1.66. The Kier molecular flexibility index (Phi) is 9.38. The number of hydrogen-bond acceptors (Lipinski definition) is 4. The molecule has 1 unspecified atom stereocenters. The second-order valence-corrected chi connectivity index (χ2v) is 6.25. The highest BCUT2D eigenvalue weighted by Crippen LogP contribution is 2.15. The molecular formula is C13H23Cl2N3OS. The largest absolute Gasteiger partial charge is 0.341 e. The first kappa shape index (κ1) is 19.6. The first-order valence-corrected chi connectivity index (χ1v) is 7.35. The van der Waals surface area contributed by atoms with Crippen molar-refractivity contribution in [2.75, 3.05) is 13.6 Å². The third-order valence-electron chi connectivity index (χ3n) is 3.36. The predicted molar refractivity (Wildman–Crippen MR) is 88.1 cm³/mol. The third kappa shape index (κ3) is 5.95. The summed E-state index contributed by atoms with van der Waals surface area (Å²) in [4.78, 5) is 19.2. The zero-order valence-electron chi connectivity index (χ0n) is 11.9. The van der Waals surface area contributed by atoms with Crippen LogP contribution in [0.3, 0.4) is 0 Å². The Balaban J connectivity index is 0.00000180. The van der Waals surface area contributed by atoms with Gasteiger partial charge in [-0.1, -0.05) is 0 Å². The van der Waals surface area contributed by atoms with Crippen LogP contribution in [-0.2, 0) is 11.3 Å². The molecule has 1 N–H and O–H groups in total. The van der Waals surface area contributed by atoms with Crippen molar-refractivity contribution < 1.29 is 4.79 Å². The highest BCUT2D eigenvalue weighted by molar-refractivity contribution is 7.11. The van der Waals surface area contributed by atoms with Crippen LogP contribution in [0.4, 0.5) is 0 Å². The number of hydrogen-bond donors (Lipinski definition) is 1. The minimum atomic E-state index is 0. The molecule has 7 heteroatoms. The number of carbonyl (C=O) groups is 1. The molecule has 0 spiro atoms. The lowest BCUT2D eigenvalue weighted by Gasteiger charge is -2.17. The van der Waals surface area contributed by atoms with Gasteiger partial charge in [-0.15, -0.1) is 36.2 Å². The fourth-order valence-corrected chi connectivity index (χ4v) is 3.14. The van der Waals surface area contributed by atoms with Crippen molar-refractivity contribution in [2.24, 2.45) is 0 Å². The van der Waals surface area contributed by atoms with E-state index in [0.29, 0.717) is 19.0 Å². The smallest absolute Gasteiger partial charge is 0.222 e. The van der Waals surface area contributed by atoms with E-state index in [9.17, 15) is 4.79 Å². The molecule has 1 aliphatic rings. The van der Waals surface area contributed by atoms with Crippen molar-refractivity contribution >= 4 is 42.1 Å². The van der Waals surface area contributed by atoms with Gasteiger partial charge in [-0.2, -0.15) is 0 Å². The predicted octanol–water partition coefficient (Wildman–Crippen LogP) is 2.79. The molecule has 0 radical (unpaired) electrons. The lowest BCUT2D eigenvalue weighted by Crippen LogP contribution is -2.28. The van der Waals surface area contributed by atoms with Crippen LogP contribution >= 0.6 is 36.2 Å². The molecule has 4 nitrogen and oxygen atoms in total. The molecule has 0 saturated carbocycles. The molecule has 1 fully saturated rings. The number of halogens is 2. The molecule has 1 aromatic rings. The summed E-state index contributed by atoms with van der Waals surface area (Å²) in [7, 11) is 1.87. The van der Waals surface area contributed by atoms with Crippen molar-refractivity contribution in [3.05, 3.63) is 16.1 Å². The zero-order valence-corrected chi connectivity index (χ0v) is 14.4. The van der Waals surface area contributed by atoms with Crippen LogP contribution in [0.5, 0.6) is 0 Å². The Morgan fingerprint density at radius 1 is 1.55 bits per heavy atom. The van der Waals surface area contributed by atoms with Crippen LogP contribution in [0, 0.1) is 6.92 Å². The quantitative estimate of drug-likeness (QED) is 0.897. The summed E-state index contributed by atoms with van der Waals surface area (Å²) in [6.45, 7) is 3.78. The van der Waals surface area contributed by atoms with Gasteiger partial charge in [-0.25, -0.2) is 4.98 Å². The SMILES string of the molecule is Cc1ncc(CN(C)C(=O)CCC2CCCN2)s1.Cl.Cl. The number of nitrogens with zero attached hydrogens (tertiary/aromatic N) is 2. The van der Waals surface area contributed by atoms with Gasteiger partial charge < -0.3 is 10.2 Å². The Morgan fingerprint density at radius 2 is 2.30 bits per heavy atom. The molecule has 1 aromatic heterocycles. The molecule has 2 rings (SSSR count). The Labute approximate surface area is 137 Å². The van der Waals surface area contributed by atoms with Gasteiger partial charge in [0.25, 0.3) is 0 Å². The average Bonchev–Trinajstić information content (AvgIpc) is 2.97. The van der Waals surface area contributed by atoms with Gasteiger partial charge in [0, 0.05) is 30.6 Å². The number of thiazole rings is 1. The molecule has 20 heavy (non-hydrogen) atoms. The fraction of sp³-hybridized carbons (Fsp3) is 0.692. The van der Waals surface area contributed by atoms with E-state index < -0.39 is 0 Å². The van der Waals surface area contributed by atoms with E-state index in [1.54, 1.807) is 11.3 Å². The minimum absolute atomic E-state index is 0. The standard InChI is InChI=1S/C13H21N3OS.2ClH/c1-10-15-8-12(18-10)9-16(2)13(17)6-5-11-4-3-7-14-11;;/h8,11,14H,3-7,9H2,1-2H3;2*1H. The summed E-state index contributed by atoms with van der Waals surface area (Å²) in [5.41, 5.74) is 0. The highest BCUT2D eigenvalue weighted by Gasteiger charge is 2.17. The molecule has 1 saturated heterocycles. The van der Waals surface area contributed by atoms with E-state index in [4.69, 9.17) is 0 Å². The highest BCUT2D eigenvalue weighted by atomic mass is 35.5. The van der Waals surface area contributed by atoms with Crippen LogP contribution < -0.4 is 5.32 Å². The van der Waals surface area contributed by atoms with Crippen LogP contribution in [0.2, 0.25) is 0 Å². The monoisotopic (exact) mass is 339 g/mol. The second kappa shape index (κ2) is 9.55. The Morgan fingerprint density at radius 3 is 2.85 bits per heavy atom. The van der Waals surface area contributed by atoms with E-state index in [1.165, 1.54) is 12.8 Å². The van der Waals surface area contributed by atoms with Crippen LogP contribution in [0.25, 0.3) is 0 Å². The topological polar surface area (TPSA) is 45.2 Å². The first-order valence-electron chi connectivity index (χ1n) is 6.54. The minimum Gasteiger partial charge on any atom is -0.341 e. The van der Waals surface area contributed by atoms with Crippen molar-refractivity contribution in [2.45, 2.75) is 45.2 Å². The maximum Gasteiger partial charge on any atom is 0.222 e. The van der Waals surface area contributed by atoms with Crippen LogP contribution in [0.1, 0.15) is 35.6 Å².